The van der Waals surface area contributed by atoms with E-state index in [4.69, 9.17) is 5.73 Å². The number of pyridine rings is 1. The van der Waals surface area contributed by atoms with E-state index in [1.807, 2.05) is 0 Å². The SMILES string of the molecule is COC(=O)c1nc(F)c(C(F)F)cc1CN. The van der Waals surface area contributed by atoms with Crippen molar-refractivity contribution in [2.75, 3.05) is 7.11 Å². The van der Waals surface area contributed by atoms with Gasteiger partial charge in [-0.3, -0.25) is 0 Å². The second-order valence-electron chi connectivity index (χ2n) is 2.87. The molecule has 0 bridgehead atoms. The van der Waals surface area contributed by atoms with Gasteiger partial charge in [-0.25, -0.2) is 18.6 Å². The number of hydrogen-bond donors (Lipinski definition) is 1. The lowest BCUT2D eigenvalue weighted by molar-refractivity contribution is 0.0590. The molecular weight excluding hydrogens is 225 g/mol. The second kappa shape index (κ2) is 4.93. The molecule has 0 aliphatic rings. The summed E-state index contributed by atoms with van der Waals surface area (Å²) in [5.74, 6) is -2.31. The van der Waals surface area contributed by atoms with Crippen LogP contribution in [0.15, 0.2) is 6.07 Å². The smallest absolute Gasteiger partial charge is 0.357 e. The van der Waals surface area contributed by atoms with Gasteiger partial charge in [0.15, 0.2) is 5.69 Å². The van der Waals surface area contributed by atoms with E-state index in [1.54, 1.807) is 0 Å². The van der Waals surface area contributed by atoms with Gasteiger partial charge in [0.05, 0.1) is 12.7 Å². The summed E-state index contributed by atoms with van der Waals surface area (Å²) < 4.78 is 42.0. The van der Waals surface area contributed by atoms with Gasteiger partial charge in [-0.05, 0) is 11.6 Å². The van der Waals surface area contributed by atoms with Crippen molar-refractivity contribution in [2.45, 2.75) is 13.0 Å². The Labute approximate surface area is 89.2 Å². The van der Waals surface area contributed by atoms with Gasteiger partial charge in [-0.15, -0.1) is 0 Å². The first kappa shape index (κ1) is 12.4. The molecule has 0 atom stereocenters. The van der Waals surface area contributed by atoms with Gasteiger partial charge in [-0.1, -0.05) is 0 Å². The Bertz CT molecular complexity index is 410. The maximum atomic E-state index is 13.1. The molecule has 0 fully saturated rings. The highest BCUT2D eigenvalue weighted by molar-refractivity contribution is 5.88. The molecule has 0 saturated heterocycles. The van der Waals surface area contributed by atoms with Crippen LogP contribution < -0.4 is 5.73 Å². The number of aromatic nitrogens is 1. The Hall–Kier alpha value is -1.63. The summed E-state index contributed by atoms with van der Waals surface area (Å²) in [5, 5.41) is 0. The predicted molar refractivity (Wildman–Crippen MR) is 48.4 cm³/mol. The number of ether oxygens (including phenoxy) is 1. The number of methoxy groups -OCH3 is 1. The number of rotatable bonds is 3. The molecule has 1 aromatic heterocycles. The van der Waals surface area contributed by atoms with E-state index in [0.29, 0.717) is 0 Å². The Morgan fingerprint density at radius 2 is 2.25 bits per heavy atom. The minimum Gasteiger partial charge on any atom is -0.464 e. The maximum absolute atomic E-state index is 13.1. The number of halogens is 3. The molecule has 0 amide bonds. The van der Waals surface area contributed by atoms with Gasteiger partial charge < -0.3 is 10.5 Å². The first-order chi connectivity index (χ1) is 7.51. The Morgan fingerprint density at radius 3 is 2.69 bits per heavy atom. The Kier molecular flexibility index (Phi) is 3.83. The topological polar surface area (TPSA) is 65.2 Å². The fourth-order valence-electron chi connectivity index (χ4n) is 1.13. The predicted octanol–water partition coefficient (Wildman–Crippen LogP) is 1.40. The Balaban J connectivity index is 3.32. The third-order valence-electron chi connectivity index (χ3n) is 1.92. The lowest BCUT2D eigenvalue weighted by Gasteiger charge is -2.08. The lowest BCUT2D eigenvalue weighted by atomic mass is 10.1. The summed E-state index contributed by atoms with van der Waals surface area (Å²) in [6.07, 6.45) is -3.01. The molecule has 0 aliphatic carbocycles. The van der Waals surface area contributed by atoms with Crippen LogP contribution in [0, 0.1) is 5.95 Å². The summed E-state index contributed by atoms with van der Waals surface area (Å²) in [5.41, 5.74) is 4.00. The normalized spacial score (nSPS) is 10.6. The van der Waals surface area contributed by atoms with Crippen molar-refractivity contribution in [3.63, 3.8) is 0 Å². The van der Waals surface area contributed by atoms with Gasteiger partial charge >= 0.3 is 5.97 Å². The number of carbonyl (C=O) groups is 1. The molecule has 1 rings (SSSR count). The van der Waals surface area contributed by atoms with E-state index in [9.17, 15) is 18.0 Å². The van der Waals surface area contributed by atoms with Crippen LogP contribution in [0.2, 0.25) is 0 Å². The molecular formula is C9H9F3N2O2. The van der Waals surface area contributed by atoms with Crippen LogP contribution in [-0.2, 0) is 11.3 Å². The zero-order valence-electron chi connectivity index (χ0n) is 8.34. The number of esters is 1. The fraction of sp³-hybridized carbons (Fsp3) is 0.333. The molecule has 88 valence electrons. The zero-order valence-corrected chi connectivity index (χ0v) is 8.34. The summed E-state index contributed by atoms with van der Waals surface area (Å²) in [7, 11) is 1.07. The Morgan fingerprint density at radius 1 is 1.62 bits per heavy atom. The molecule has 7 heteroatoms. The van der Waals surface area contributed by atoms with Gasteiger partial charge in [0.25, 0.3) is 6.43 Å². The molecule has 0 spiro atoms. The van der Waals surface area contributed by atoms with Crippen LogP contribution in [0.1, 0.15) is 28.0 Å². The molecule has 1 heterocycles. The van der Waals surface area contributed by atoms with Gasteiger partial charge in [0, 0.05) is 6.54 Å². The van der Waals surface area contributed by atoms with Gasteiger partial charge in [0.2, 0.25) is 5.95 Å². The fourth-order valence-corrected chi connectivity index (χ4v) is 1.13. The van der Waals surface area contributed by atoms with Crippen molar-refractivity contribution in [3.05, 3.63) is 28.8 Å². The minimum atomic E-state index is -3.01. The highest BCUT2D eigenvalue weighted by Crippen LogP contribution is 2.23. The average molecular weight is 234 g/mol. The van der Waals surface area contributed by atoms with Crippen molar-refractivity contribution >= 4 is 5.97 Å². The number of hydrogen-bond acceptors (Lipinski definition) is 4. The molecule has 0 radical (unpaired) electrons. The first-order valence-electron chi connectivity index (χ1n) is 4.27. The van der Waals surface area contributed by atoms with Crippen LogP contribution in [-0.4, -0.2) is 18.1 Å². The molecule has 2 N–H and O–H groups in total. The number of nitrogens with two attached hydrogens (primary N) is 1. The van der Waals surface area contributed by atoms with Crippen LogP contribution in [0.3, 0.4) is 0 Å². The van der Waals surface area contributed by atoms with Crippen molar-refractivity contribution in [1.82, 2.24) is 4.98 Å². The lowest BCUT2D eigenvalue weighted by Crippen LogP contribution is -2.14. The standard InChI is InChI=1S/C9H9F3N2O2/c1-16-9(15)6-4(3-13)2-5(7(10)11)8(12)14-6/h2,7H,3,13H2,1H3. The highest BCUT2D eigenvalue weighted by atomic mass is 19.3. The number of alkyl halides is 2. The summed E-state index contributed by atoms with van der Waals surface area (Å²) in [6, 6.07) is 0.819. The van der Waals surface area contributed by atoms with Crippen LogP contribution in [0.25, 0.3) is 0 Å². The van der Waals surface area contributed by atoms with E-state index in [-0.39, 0.29) is 17.8 Å². The van der Waals surface area contributed by atoms with Gasteiger partial charge in [-0.2, -0.15) is 4.39 Å². The summed E-state index contributed by atoms with van der Waals surface area (Å²) in [4.78, 5) is 14.3. The van der Waals surface area contributed by atoms with Crippen molar-refractivity contribution in [2.24, 2.45) is 5.73 Å². The molecule has 0 aromatic carbocycles. The molecule has 4 nitrogen and oxygen atoms in total. The molecule has 1 aromatic rings. The minimum absolute atomic E-state index is 0.0172. The highest BCUT2D eigenvalue weighted by Gasteiger charge is 2.21. The monoisotopic (exact) mass is 234 g/mol. The second-order valence-corrected chi connectivity index (χ2v) is 2.87. The van der Waals surface area contributed by atoms with Crippen molar-refractivity contribution in [1.29, 1.82) is 0 Å². The van der Waals surface area contributed by atoms with E-state index < -0.39 is 23.9 Å². The zero-order chi connectivity index (χ0) is 12.3. The maximum Gasteiger partial charge on any atom is 0.357 e. The van der Waals surface area contributed by atoms with E-state index in [2.05, 4.69) is 9.72 Å². The van der Waals surface area contributed by atoms with Crippen molar-refractivity contribution in [3.8, 4) is 0 Å². The average Bonchev–Trinajstić information content (AvgIpc) is 2.27. The quantitative estimate of drug-likeness (QED) is 0.634. The number of nitrogens with zero attached hydrogens (tertiary/aromatic N) is 1. The first-order valence-corrected chi connectivity index (χ1v) is 4.27. The van der Waals surface area contributed by atoms with Gasteiger partial charge in [0.1, 0.15) is 0 Å². The largest absolute Gasteiger partial charge is 0.464 e. The third-order valence-corrected chi connectivity index (χ3v) is 1.92. The molecule has 0 aliphatic heterocycles. The molecule has 0 unspecified atom stereocenters. The summed E-state index contributed by atoms with van der Waals surface area (Å²) in [6.45, 7) is -0.211. The molecule has 0 saturated carbocycles. The van der Waals surface area contributed by atoms with Crippen LogP contribution in [0.4, 0.5) is 13.2 Å². The van der Waals surface area contributed by atoms with E-state index in [0.717, 1.165) is 13.2 Å². The third kappa shape index (κ3) is 2.30. The van der Waals surface area contributed by atoms with Crippen LogP contribution >= 0.6 is 0 Å². The van der Waals surface area contributed by atoms with Crippen molar-refractivity contribution < 1.29 is 22.7 Å². The van der Waals surface area contributed by atoms with E-state index >= 15 is 0 Å². The summed E-state index contributed by atoms with van der Waals surface area (Å²) >= 11 is 0. The number of carbonyl (C=O) groups excluding carboxylic acids is 1. The van der Waals surface area contributed by atoms with Crippen LogP contribution in [0.5, 0.6) is 0 Å². The molecule has 16 heavy (non-hydrogen) atoms. The van der Waals surface area contributed by atoms with E-state index in [1.165, 1.54) is 0 Å².